The zero-order valence-corrected chi connectivity index (χ0v) is 7.26. The van der Waals surface area contributed by atoms with E-state index < -0.39 is 0 Å². The summed E-state index contributed by atoms with van der Waals surface area (Å²) in [5, 5.41) is 1.11. The molecule has 0 nitrogen and oxygen atoms in total. The summed E-state index contributed by atoms with van der Waals surface area (Å²) < 4.78 is 0.493. The average Bonchev–Trinajstić information content (AvgIpc) is 1.61. The van der Waals surface area contributed by atoms with Crippen LogP contribution in [0.4, 0.5) is 0 Å². The first-order chi connectivity index (χ1) is 3.27. The summed E-state index contributed by atoms with van der Waals surface area (Å²) in [7, 11) is 0. The van der Waals surface area contributed by atoms with Gasteiger partial charge >= 0.3 is 0 Å². The van der Waals surface area contributed by atoms with Crippen molar-refractivity contribution in [2.45, 2.75) is 23.6 Å². The predicted octanol–water partition coefficient (Wildman–Crippen LogP) is 2.70. The molecule has 0 spiro atoms. The maximum atomic E-state index is 3.62. The van der Waals surface area contributed by atoms with Crippen LogP contribution in [0.25, 0.3) is 0 Å². The standard InChI is InChI=1S/C5H8Br2/c6-4-5(7)2-1-3-5/h1-4H2. The second kappa shape index (κ2) is 2.06. The third-order valence-electron chi connectivity index (χ3n) is 1.49. The van der Waals surface area contributed by atoms with E-state index in [1.54, 1.807) is 0 Å². The van der Waals surface area contributed by atoms with Gasteiger partial charge in [-0.05, 0) is 12.8 Å². The molecule has 1 saturated carbocycles. The van der Waals surface area contributed by atoms with Crippen LogP contribution in [0.3, 0.4) is 0 Å². The third-order valence-corrected chi connectivity index (χ3v) is 4.39. The average molecular weight is 228 g/mol. The molecule has 0 N–H and O–H groups in total. The second-order valence-corrected chi connectivity index (χ2v) is 4.38. The van der Waals surface area contributed by atoms with Gasteiger partial charge in [0.15, 0.2) is 0 Å². The van der Waals surface area contributed by atoms with Crippen molar-refractivity contribution in [1.29, 1.82) is 0 Å². The maximum Gasteiger partial charge on any atom is 0.0354 e. The number of hydrogen-bond acceptors (Lipinski definition) is 0. The van der Waals surface area contributed by atoms with E-state index in [2.05, 4.69) is 31.9 Å². The molecule has 2 heteroatoms. The van der Waals surface area contributed by atoms with E-state index in [1.165, 1.54) is 19.3 Å². The lowest BCUT2D eigenvalue weighted by Crippen LogP contribution is -2.30. The quantitative estimate of drug-likeness (QED) is 0.605. The van der Waals surface area contributed by atoms with Crippen LogP contribution in [0.1, 0.15) is 19.3 Å². The SMILES string of the molecule is BrCC1(Br)CCC1. The zero-order chi connectivity index (χ0) is 5.33. The second-order valence-electron chi connectivity index (χ2n) is 2.14. The number of halogens is 2. The van der Waals surface area contributed by atoms with Crippen LogP contribution >= 0.6 is 31.9 Å². The van der Waals surface area contributed by atoms with E-state index in [0.717, 1.165) is 5.33 Å². The van der Waals surface area contributed by atoms with E-state index in [4.69, 9.17) is 0 Å². The Labute approximate surface area is 60.9 Å². The summed E-state index contributed by atoms with van der Waals surface area (Å²) in [5.74, 6) is 0. The number of alkyl halides is 2. The highest BCUT2D eigenvalue weighted by atomic mass is 79.9. The van der Waals surface area contributed by atoms with Crippen molar-refractivity contribution in [2.24, 2.45) is 0 Å². The number of hydrogen-bond donors (Lipinski definition) is 0. The summed E-state index contributed by atoms with van der Waals surface area (Å²) in [4.78, 5) is 0. The molecule has 1 rings (SSSR count). The molecule has 1 fully saturated rings. The summed E-state index contributed by atoms with van der Waals surface area (Å²) in [6.45, 7) is 0. The molecular formula is C5H8Br2. The Bertz CT molecular complexity index is 61.0. The topological polar surface area (TPSA) is 0 Å². The molecule has 0 aromatic heterocycles. The largest absolute Gasteiger partial charge is 0.0913 e. The smallest absolute Gasteiger partial charge is 0.0354 e. The van der Waals surface area contributed by atoms with Gasteiger partial charge in [0.25, 0.3) is 0 Å². The first-order valence-electron chi connectivity index (χ1n) is 2.52. The van der Waals surface area contributed by atoms with Crippen molar-refractivity contribution in [3.05, 3.63) is 0 Å². The highest BCUT2D eigenvalue weighted by molar-refractivity contribution is 9.12. The fourth-order valence-electron chi connectivity index (χ4n) is 0.694. The molecule has 0 amide bonds. The highest BCUT2D eigenvalue weighted by Gasteiger charge is 2.32. The molecule has 7 heavy (non-hydrogen) atoms. The molecule has 0 saturated heterocycles. The Hall–Kier alpha value is 0.960. The lowest BCUT2D eigenvalue weighted by molar-refractivity contribution is 0.410. The fourth-order valence-corrected chi connectivity index (χ4v) is 1.82. The van der Waals surface area contributed by atoms with Crippen LogP contribution in [0.2, 0.25) is 0 Å². The molecule has 0 bridgehead atoms. The predicted molar refractivity (Wildman–Crippen MR) is 39.3 cm³/mol. The van der Waals surface area contributed by atoms with Gasteiger partial charge in [-0.2, -0.15) is 0 Å². The van der Waals surface area contributed by atoms with Gasteiger partial charge in [0.2, 0.25) is 0 Å². The van der Waals surface area contributed by atoms with E-state index in [0.29, 0.717) is 4.32 Å². The molecule has 0 aliphatic heterocycles. The van der Waals surface area contributed by atoms with Gasteiger partial charge in [0.1, 0.15) is 0 Å². The van der Waals surface area contributed by atoms with Crippen LogP contribution in [0, 0.1) is 0 Å². The fraction of sp³-hybridized carbons (Fsp3) is 1.00. The van der Waals surface area contributed by atoms with E-state index in [-0.39, 0.29) is 0 Å². The lowest BCUT2D eigenvalue weighted by Gasteiger charge is -2.33. The van der Waals surface area contributed by atoms with E-state index in [1.807, 2.05) is 0 Å². The first kappa shape index (κ1) is 6.09. The normalized spacial score (nSPS) is 26.6. The van der Waals surface area contributed by atoms with Crippen LogP contribution in [0.5, 0.6) is 0 Å². The van der Waals surface area contributed by atoms with Gasteiger partial charge in [0.05, 0.1) is 0 Å². The van der Waals surface area contributed by atoms with Gasteiger partial charge in [-0.25, -0.2) is 0 Å². The van der Waals surface area contributed by atoms with Crippen LogP contribution in [-0.2, 0) is 0 Å². The molecule has 0 heterocycles. The molecule has 0 aromatic carbocycles. The molecule has 0 atom stereocenters. The molecule has 1 aliphatic carbocycles. The van der Waals surface area contributed by atoms with Gasteiger partial charge < -0.3 is 0 Å². The summed E-state index contributed by atoms with van der Waals surface area (Å²) in [5.41, 5.74) is 0. The Balaban J connectivity index is 2.29. The highest BCUT2D eigenvalue weighted by Crippen LogP contribution is 2.41. The molecule has 0 radical (unpaired) electrons. The Morgan fingerprint density at radius 1 is 1.43 bits per heavy atom. The lowest BCUT2D eigenvalue weighted by atomic mass is 9.87. The van der Waals surface area contributed by atoms with E-state index >= 15 is 0 Å². The van der Waals surface area contributed by atoms with Crippen molar-refractivity contribution >= 4 is 31.9 Å². The van der Waals surface area contributed by atoms with Crippen LogP contribution in [0.15, 0.2) is 0 Å². The van der Waals surface area contributed by atoms with Crippen LogP contribution in [-0.4, -0.2) is 9.65 Å². The van der Waals surface area contributed by atoms with Gasteiger partial charge in [-0.15, -0.1) is 0 Å². The summed E-state index contributed by atoms with van der Waals surface area (Å²) in [6, 6.07) is 0. The molecule has 42 valence electrons. The van der Waals surface area contributed by atoms with Gasteiger partial charge in [-0.3, -0.25) is 0 Å². The van der Waals surface area contributed by atoms with E-state index in [9.17, 15) is 0 Å². The summed E-state index contributed by atoms with van der Waals surface area (Å²) >= 11 is 7.06. The molecular weight excluding hydrogens is 220 g/mol. The molecule has 0 unspecified atom stereocenters. The minimum absolute atomic E-state index is 0.493. The first-order valence-corrected chi connectivity index (χ1v) is 4.43. The van der Waals surface area contributed by atoms with Crippen molar-refractivity contribution in [3.63, 3.8) is 0 Å². The minimum Gasteiger partial charge on any atom is -0.0913 e. The zero-order valence-electron chi connectivity index (χ0n) is 4.08. The Morgan fingerprint density at radius 2 is 2.00 bits per heavy atom. The third kappa shape index (κ3) is 1.20. The number of rotatable bonds is 1. The molecule has 1 aliphatic rings. The van der Waals surface area contributed by atoms with Crippen molar-refractivity contribution < 1.29 is 0 Å². The maximum absolute atomic E-state index is 3.62. The van der Waals surface area contributed by atoms with Crippen LogP contribution < -0.4 is 0 Å². The molecule has 0 aromatic rings. The summed E-state index contributed by atoms with van der Waals surface area (Å²) in [6.07, 6.45) is 4.09. The van der Waals surface area contributed by atoms with Crippen molar-refractivity contribution in [1.82, 2.24) is 0 Å². The van der Waals surface area contributed by atoms with Crippen molar-refractivity contribution in [2.75, 3.05) is 5.33 Å². The minimum atomic E-state index is 0.493. The Morgan fingerprint density at radius 3 is 2.00 bits per heavy atom. The monoisotopic (exact) mass is 226 g/mol. The van der Waals surface area contributed by atoms with Gasteiger partial charge in [-0.1, -0.05) is 38.3 Å². The Kier molecular flexibility index (Phi) is 1.79. The van der Waals surface area contributed by atoms with Gasteiger partial charge in [0, 0.05) is 9.65 Å². The van der Waals surface area contributed by atoms with Crippen molar-refractivity contribution in [3.8, 4) is 0 Å².